The Bertz CT molecular complexity index is 285. The smallest absolute Gasteiger partial charge is 0.315 e. The normalized spacial score (nSPS) is 13.1. The molecule has 0 saturated heterocycles. The first-order valence-corrected chi connectivity index (χ1v) is 5.43. The summed E-state index contributed by atoms with van der Waals surface area (Å²) in [5.74, 6) is 1.16. The highest BCUT2D eigenvalue weighted by atomic mass is 16.4. The average Bonchev–Trinajstić information content (AvgIpc) is 2.62. The number of nitrogens with zero attached hydrogens (tertiary/aromatic N) is 2. The number of aromatic nitrogens is 2. The van der Waals surface area contributed by atoms with Crippen LogP contribution in [-0.4, -0.2) is 22.8 Å². The molecule has 0 spiro atoms. The van der Waals surface area contributed by atoms with Crippen molar-refractivity contribution in [3.05, 3.63) is 5.89 Å². The van der Waals surface area contributed by atoms with E-state index in [2.05, 4.69) is 41.6 Å². The molecule has 0 aliphatic rings. The molecule has 0 aliphatic heterocycles. The average molecular weight is 212 g/mol. The van der Waals surface area contributed by atoms with E-state index in [9.17, 15) is 0 Å². The van der Waals surface area contributed by atoms with Gasteiger partial charge in [-0.2, -0.15) is 0 Å². The summed E-state index contributed by atoms with van der Waals surface area (Å²) in [6.45, 7) is 9.95. The summed E-state index contributed by atoms with van der Waals surface area (Å²) < 4.78 is 5.41. The lowest BCUT2D eigenvalue weighted by molar-refractivity contribution is 0.466. The first-order valence-electron chi connectivity index (χ1n) is 5.43. The van der Waals surface area contributed by atoms with Gasteiger partial charge in [0, 0.05) is 6.04 Å². The highest BCUT2D eigenvalue weighted by Gasteiger charge is 2.11. The number of hydrogen-bond donors (Lipinski definition) is 2. The molecule has 1 heterocycles. The number of rotatable bonds is 6. The van der Waals surface area contributed by atoms with E-state index in [4.69, 9.17) is 4.42 Å². The molecule has 0 fully saturated rings. The Morgan fingerprint density at radius 2 is 2.00 bits per heavy atom. The molecule has 1 unspecified atom stereocenters. The molecule has 0 saturated carbocycles. The molecule has 5 nitrogen and oxygen atoms in total. The molecular formula is C10H20N4O. The lowest BCUT2D eigenvalue weighted by Crippen LogP contribution is -2.21. The molecule has 5 heteroatoms. The van der Waals surface area contributed by atoms with Gasteiger partial charge in [0.15, 0.2) is 0 Å². The molecule has 0 radical (unpaired) electrons. The van der Waals surface area contributed by atoms with Crippen molar-refractivity contribution in [2.24, 2.45) is 5.92 Å². The Morgan fingerprint density at radius 3 is 2.60 bits per heavy atom. The molecule has 1 rings (SSSR count). The zero-order valence-electron chi connectivity index (χ0n) is 9.87. The van der Waals surface area contributed by atoms with E-state index >= 15 is 0 Å². The maximum Gasteiger partial charge on any atom is 0.315 e. The topological polar surface area (TPSA) is 63.0 Å². The third-order valence-electron chi connectivity index (χ3n) is 2.34. The van der Waals surface area contributed by atoms with Crippen LogP contribution in [0.5, 0.6) is 0 Å². The molecule has 0 aliphatic carbocycles. The van der Waals surface area contributed by atoms with Crippen LogP contribution in [-0.2, 0) is 6.54 Å². The van der Waals surface area contributed by atoms with Crippen molar-refractivity contribution in [2.75, 3.05) is 11.9 Å². The zero-order chi connectivity index (χ0) is 11.3. The molecule has 1 aromatic rings. The highest BCUT2D eigenvalue weighted by molar-refractivity contribution is 5.19. The van der Waals surface area contributed by atoms with Gasteiger partial charge in [-0.3, -0.25) is 0 Å². The second kappa shape index (κ2) is 5.70. The number of nitrogens with one attached hydrogen (secondary N) is 2. The summed E-state index contributed by atoms with van der Waals surface area (Å²) in [7, 11) is 0. The van der Waals surface area contributed by atoms with Crippen LogP contribution in [0.3, 0.4) is 0 Å². The fraction of sp³-hybridized carbons (Fsp3) is 0.800. The number of hydrogen-bond acceptors (Lipinski definition) is 5. The monoisotopic (exact) mass is 212 g/mol. The third kappa shape index (κ3) is 3.87. The molecular weight excluding hydrogens is 192 g/mol. The second-order valence-corrected chi connectivity index (χ2v) is 3.96. The maximum absolute atomic E-state index is 5.41. The van der Waals surface area contributed by atoms with Crippen LogP contribution < -0.4 is 10.6 Å². The van der Waals surface area contributed by atoms with Crippen molar-refractivity contribution < 1.29 is 4.42 Å². The molecule has 1 atom stereocenters. The van der Waals surface area contributed by atoms with Gasteiger partial charge >= 0.3 is 6.01 Å². The van der Waals surface area contributed by atoms with Gasteiger partial charge in [-0.15, -0.1) is 5.10 Å². The standard InChI is InChI=1S/C10H20N4O/c1-5-11-6-9-13-14-10(15-9)12-8(4)7(2)3/h7-8,11H,5-6H2,1-4H3,(H,12,14). The Kier molecular flexibility index (Phi) is 4.55. The number of anilines is 1. The molecule has 0 aromatic carbocycles. The fourth-order valence-electron chi connectivity index (χ4n) is 0.977. The van der Waals surface area contributed by atoms with E-state index in [1.807, 2.05) is 6.92 Å². The van der Waals surface area contributed by atoms with Crippen LogP contribution >= 0.6 is 0 Å². The lowest BCUT2D eigenvalue weighted by atomic mass is 10.1. The molecule has 2 N–H and O–H groups in total. The van der Waals surface area contributed by atoms with Crippen LogP contribution in [0.25, 0.3) is 0 Å². The van der Waals surface area contributed by atoms with Crippen LogP contribution in [0.15, 0.2) is 4.42 Å². The lowest BCUT2D eigenvalue weighted by Gasteiger charge is -2.14. The van der Waals surface area contributed by atoms with Crippen LogP contribution in [0, 0.1) is 5.92 Å². The summed E-state index contributed by atoms with van der Waals surface area (Å²) in [6, 6.07) is 0.835. The van der Waals surface area contributed by atoms with Crippen LogP contribution in [0.2, 0.25) is 0 Å². The van der Waals surface area contributed by atoms with Gasteiger partial charge in [0.05, 0.1) is 6.54 Å². The highest BCUT2D eigenvalue weighted by Crippen LogP contribution is 2.10. The minimum Gasteiger partial charge on any atom is -0.407 e. The van der Waals surface area contributed by atoms with Gasteiger partial charge in [-0.05, 0) is 19.4 Å². The summed E-state index contributed by atoms with van der Waals surface area (Å²) in [5.41, 5.74) is 0. The van der Waals surface area contributed by atoms with Crippen molar-refractivity contribution >= 4 is 6.01 Å². The van der Waals surface area contributed by atoms with E-state index in [-0.39, 0.29) is 0 Å². The Morgan fingerprint density at radius 1 is 1.27 bits per heavy atom. The van der Waals surface area contributed by atoms with Gasteiger partial charge in [0.2, 0.25) is 5.89 Å². The first-order chi connectivity index (χ1) is 7.13. The van der Waals surface area contributed by atoms with Gasteiger partial charge in [0.25, 0.3) is 0 Å². The van der Waals surface area contributed by atoms with Gasteiger partial charge < -0.3 is 15.1 Å². The predicted molar refractivity (Wildman–Crippen MR) is 59.6 cm³/mol. The van der Waals surface area contributed by atoms with Crippen molar-refractivity contribution in [3.8, 4) is 0 Å². The van der Waals surface area contributed by atoms with Gasteiger partial charge in [-0.1, -0.05) is 25.9 Å². The van der Waals surface area contributed by atoms with E-state index in [1.165, 1.54) is 0 Å². The quantitative estimate of drug-likeness (QED) is 0.750. The molecule has 86 valence electrons. The summed E-state index contributed by atoms with van der Waals surface area (Å²) in [5, 5.41) is 14.1. The molecule has 0 amide bonds. The van der Waals surface area contributed by atoms with Crippen molar-refractivity contribution in [3.63, 3.8) is 0 Å². The fourth-order valence-corrected chi connectivity index (χ4v) is 0.977. The molecule has 15 heavy (non-hydrogen) atoms. The van der Waals surface area contributed by atoms with Crippen molar-refractivity contribution in [1.29, 1.82) is 0 Å². The molecule has 1 aromatic heterocycles. The van der Waals surface area contributed by atoms with Gasteiger partial charge in [-0.25, -0.2) is 0 Å². The summed E-state index contributed by atoms with van der Waals surface area (Å²) >= 11 is 0. The van der Waals surface area contributed by atoms with Gasteiger partial charge in [0.1, 0.15) is 0 Å². The first kappa shape index (κ1) is 12.0. The van der Waals surface area contributed by atoms with E-state index in [0.29, 0.717) is 30.4 Å². The second-order valence-electron chi connectivity index (χ2n) is 3.96. The zero-order valence-corrected chi connectivity index (χ0v) is 9.87. The maximum atomic E-state index is 5.41. The predicted octanol–water partition coefficient (Wildman–Crippen LogP) is 1.64. The third-order valence-corrected chi connectivity index (χ3v) is 2.34. The van der Waals surface area contributed by atoms with Crippen molar-refractivity contribution in [1.82, 2.24) is 15.5 Å². The Labute approximate surface area is 90.7 Å². The van der Waals surface area contributed by atoms with Crippen LogP contribution in [0.1, 0.15) is 33.6 Å². The SMILES string of the molecule is CCNCc1nnc(NC(C)C(C)C)o1. The summed E-state index contributed by atoms with van der Waals surface area (Å²) in [6.07, 6.45) is 0. The van der Waals surface area contributed by atoms with Crippen LogP contribution in [0.4, 0.5) is 6.01 Å². The summed E-state index contributed by atoms with van der Waals surface area (Å²) in [4.78, 5) is 0. The van der Waals surface area contributed by atoms with E-state index in [1.54, 1.807) is 0 Å². The van der Waals surface area contributed by atoms with E-state index in [0.717, 1.165) is 6.54 Å². The Hall–Kier alpha value is -1.10. The van der Waals surface area contributed by atoms with Crippen molar-refractivity contribution in [2.45, 2.75) is 40.3 Å². The van der Waals surface area contributed by atoms with E-state index < -0.39 is 0 Å². The minimum absolute atomic E-state index is 0.331. The Balaban J connectivity index is 2.45. The molecule has 0 bridgehead atoms. The minimum atomic E-state index is 0.331. The largest absolute Gasteiger partial charge is 0.407 e.